The van der Waals surface area contributed by atoms with Crippen LogP contribution in [0.3, 0.4) is 0 Å². The first-order chi connectivity index (χ1) is 23.6. The summed E-state index contributed by atoms with van der Waals surface area (Å²) >= 11 is 0. The van der Waals surface area contributed by atoms with E-state index < -0.39 is 41.4 Å². The van der Waals surface area contributed by atoms with Crippen molar-refractivity contribution in [2.24, 2.45) is 5.73 Å². The molecule has 1 saturated heterocycles. The van der Waals surface area contributed by atoms with Gasteiger partial charge in [0.15, 0.2) is 0 Å². The van der Waals surface area contributed by atoms with Gasteiger partial charge >= 0.3 is 6.09 Å². The monoisotopic (exact) mass is 678 g/mol. The number of rotatable bonds is 12. The van der Waals surface area contributed by atoms with Gasteiger partial charge in [0.05, 0.1) is 30.8 Å². The molecule has 0 saturated carbocycles. The lowest BCUT2D eigenvalue weighted by Crippen LogP contribution is -2.49. The predicted molar refractivity (Wildman–Crippen MR) is 177 cm³/mol. The van der Waals surface area contributed by atoms with Crippen molar-refractivity contribution in [2.45, 2.75) is 49.9 Å². The molecule has 1 unspecified atom stereocenters. The molecule has 0 bridgehead atoms. The van der Waals surface area contributed by atoms with Crippen LogP contribution in [0.4, 0.5) is 28.0 Å². The van der Waals surface area contributed by atoms with Crippen molar-refractivity contribution in [3.63, 3.8) is 0 Å². The number of hydrogen-bond acceptors (Lipinski definition) is 6. The van der Waals surface area contributed by atoms with Crippen LogP contribution in [0.2, 0.25) is 0 Å². The Morgan fingerprint density at radius 2 is 1.45 bits per heavy atom. The molecule has 0 aromatic heterocycles. The van der Waals surface area contributed by atoms with Crippen LogP contribution in [0.25, 0.3) is 0 Å². The first-order valence-electron chi connectivity index (χ1n) is 16.0. The molecule has 4 aromatic carbocycles. The minimum Gasteiger partial charge on any atom is -0.448 e. The second-order valence-corrected chi connectivity index (χ2v) is 12.0. The van der Waals surface area contributed by atoms with Gasteiger partial charge in [0.2, 0.25) is 5.91 Å². The van der Waals surface area contributed by atoms with Gasteiger partial charge in [-0.3, -0.25) is 4.79 Å². The zero-order chi connectivity index (χ0) is 34.9. The minimum absolute atomic E-state index is 0.0648. The van der Waals surface area contributed by atoms with Crippen LogP contribution in [0.15, 0.2) is 91.0 Å². The second kappa shape index (κ2) is 16.6. The summed E-state index contributed by atoms with van der Waals surface area (Å²) in [5.74, 6) is -3.11. The van der Waals surface area contributed by atoms with Gasteiger partial charge in [0.1, 0.15) is 29.9 Å². The SMILES string of the molecule is C[C@H](NC(=O)OC[C@@H]1CO[C@H](CCc2c(F)cccc2NC(=O)C(N)C(c2ccc(F)cc2)c2ccc(F)cc2)CN1)c1ccc(F)cc1. The molecular weight excluding hydrogens is 640 g/mol. The Labute approximate surface area is 282 Å². The third-order valence-corrected chi connectivity index (χ3v) is 8.50. The lowest BCUT2D eigenvalue weighted by Gasteiger charge is -2.30. The molecule has 49 heavy (non-hydrogen) atoms. The van der Waals surface area contributed by atoms with E-state index >= 15 is 4.39 Å². The van der Waals surface area contributed by atoms with Crippen LogP contribution >= 0.6 is 0 Å². The van der Waals surface area contributed by atoms with Crippen LogP contribution < -0.4 is 21.7 Å². The molecule has 4 aromatic rings. The summed E-state index contributed by atoms with van der Waals surface area (Å²) in [6, 6.07) is 19.5. The van der Waals surface area contributed by atoms with Gasteiger partial charge in [0.25, 0.3) is 0 Å². The van der Waals surface area contributed by atoms with E-state index in [1.165, 1.54) is 72.8 Å². The predicted octanol–water partition coefficient (Wildman–Crippen LogP) is 6.12. The first-order valence-corrected chi connectivity index (χ1v) is 16.0. The third kappa shape index (κ3) is 9.65. The largest absolute Gasteiger partial charge is 0.448 e. The van der Waals surface area contributed by atoms with Crippen LogP contribution in [-0.2, 0) is 20.7 Å². The molecular formula is C37H38F4N4O4. The van der Waals surface area contributed by atoms with Crippen molar-refractivity contribution in [3.05, 3.63) is 137 Å². The third-order valence-electron chi connectivity index (χ3n) is 8.50. The highest BCUT2D eigenvalue weighted by Gasteiger charge is 2.29. The molecule has 1 fully saturated rings. The van der Waals surface area contributed by atoms with Gasteiger partial charge in [-0.15, -0.1) is 0 Å². The van der Waals surface area contributed by atoms with Gasteiger partial charge in [0, 0.05) is 23.7 Å². The molecule has 1 aliphatic rings. The molecule has 4 atom stereocenters. The first kappa shape index (κ1) is 35.5. The van der Waals surface area contributed by atoms with Crippen molar-refractivity contribution >= 4 is 17.7 Å². The Kier molecular flexibility index (Phi) is 12.0. The summed E-state index contributed by atoms with van der Waals surface area (Å²) in [5, 5.41) is 8.75. The van der Waals surface area contributed by atoms with Crippen molar-refractivity contribution in [2.75, 3.05) is 25.1 Å². The van der Waals surface area contributed by atoms with E-state index in [1.807, 2.05) is 0 Å². The van der Waals surface area contributed by atoms with Crippen molar-refractivity contribution in [3.8, 4) is 0 Å². The van der Waals surface area contributed by atoms with Crippen molar-refractivity contribution in [1.29, 1.82) is 0 Å². The Morgan fingerprint density at radius 3 is 2.00 bits per heavy atom. The van der Waals surface area contributed by atoms with Gasteiger partial charge in [-0.25, -0.2) is 22.4 Å². The molecule has 2 amide bonds. The number of nitrogens with one attached hydrogen (secondary N) is 3. The van der Waals surface area contributed by atoms with Crippen LogP contribution in [0.1, 0.15) is 47.6 Å². The highest BCUT2D eigenvalue weighted by Crippen LogP contribution is 2.30. The Morgan fingerprint density at radius 1 is 0.878 bits per heavy atom. The Hall–Kier alpha value is -4.78. The van der Waals surface area contributed by atoms with Gasteiger partial charge in [-0.1, -0.05) is 42.5 Å². The standard InChI is InChI=1S/C37H38F4N4O4/c1-22(23-5-11-26(38)12-6-23)44-37(47)49-21-29-20-48-30(19-43-29)17-18-31-32(41)3-2-4-33(31)45-36(46)35(42)34(24-7-13-27(39)14-8-24)25-9-15-28(40)16-10-25/h2-16,22,29-30,34-35,43H,17-21,42H2,1H3,(H,44,47)(H,45,46)/t22-,29-,30+,35?/m0/s1. The lowest BCUT2D eigenvalue weighted by atomic mass is 9.85. The summed E-state index contributed by atoms with van der Waals surface area (Å²) in [6.45, 7) is 2.52. The maximum Gasteiger partial charge on any atom is 0.407 e. The van der Waals surface area contributed by atoms with E-state index in [1.54, 1.807) is 25.1 Å². The molecule has 1 aliphatic heterocycles. The molecule has 12 heteroatoms. The average molecular weight is 679 g/mol. The number of morpholine rings is 1. The summed E-state index contributed by atoms with van der Waals surface area (Å²) in [4.78, 5) is 25.8. The second-order valence-electron chi connectivity index (χ2n) is 12.0. The fourth-order valence-electron chi connectivity index (χ4n) is 5.74. The van der Waals surface area contributed by atoms with Crippen molar-refractivity contribution < 1.29 is 36.6 Å². The average Bonchev–Trinajstić information content (AvgIpc) is 3.09. The number of nitrogens with two attached hydrogens (primary N) is 1. The number of amides is 2. The molecule has 1 heterocycles. The quantitative estimate of drug-likeness (QED) is 0.134. The van der Waals surface area contributed by atoms with Crippen LogP contribution in [0, 0.1) is 23.3 Å². The highest BCUT2D eigenvalue weighted by atomic mass is 19.1. The molecule has 258 valence electrons. The zero-order valence-electron chi connectivity index (χ0n) is 26.8. The summed E-state index contributed by atoms with van der Waals surface area (Å²) in [7, 11) is 0. The number of benzene rings is 4. The number of anilines is 1. The maximum absolute atomic E-state index is 15.1. The van der Waals surface area contributed by atoms with E-state index in [9.17, 15) is 22.8 Å². The molecule has 0 radical (unpaired) electrons. The van der Waals surface area contributed by atoms with E-state index in [0.29, 0.717) is 24.1 Å². The molecule has 8 nitrogen and oxygen atoms in total. The smallest absolute Gasteiger partial charge is 0.407 e. The zero-order valence-corrected chi connectivity index (χ0v) is 26.8. The number of carbonyl (C=O) groups is 2. The van der Waals surface area contributed by atoms with Gasteiger partial charge in [-0.05, 0) is 85.0 Å². The van der Waals surface area contributed by atoms with Crippen LogP contribution in [-0.4, -0.2) is 49.9 Å². The van der Waals surface area contributed by atoms with E-state index in [4.69, 9.17) is 15.2 Å². The molecule has 0 aliphatic carbocycles. The fraction of sp³-hybridized carbons (Fsp3) is 0.297. The summed E-state index contributed by atoms with van der Waals surface area (Å²) in [6.07, 6.45) is -0.208. The van der Waals surface area contributed by atoms with Gasteiger partial charge in [-0.2, -0.15) is 0 Å². The number of alkyl carbamates (subject to hydrolysis) is 1. The van der Waals surface area contributed by atoms with E-state index in [2.05, 4.69) is 16.0 Å². The normalized spacial score (nSPS) is 17.3. The summed E-state index contributed by atoms with van der Waals surface area (Å²) < 4.78 is 66.9. The van der Waals surface area contributed by atoms with Gasteiger partial charge < -0.3 is 31.2 Å². The maximum atomic E-state index is 15.1. The number of ether oxygens (including phenoxy) is 2. The van der Waals surface area contributed by atoms with E-state index in [0.717, 1.165) is 5.56 Å². The topological polar surface area (TPSA) is 115 Å². The van der Waals surface area contributed by atoms with E-state index in [-0.39, 0.29) is 54.9 Å². The van der Waals surface area contributed by atoms with Crippen LogP contribution in [0.5, 0.6) is 0 Å². The summed E-state index contributed by atoms with van der Waals surface area (Å²) in [5.41, 5.74) is 8.86. The fourth-order valence-corrected chi connectivity index (χ4v) is 5.74. The number of halogens is 4. The highest BCUT2D eigenvalue weighted by molar-refractivity contribution is 5.96. The molecule has 0 spiro atoms. The number of hydrogen-bond donors (Lipinski definition) is 4. The lowest BCUT2D eigenvalue weighted by molar-refractivity contribution is -0.117. The molecule has 5 rings (SSSR count). The number of carbonyl (C=O) groups excluding carboxylic acids is 2. The minimum atomic E-state index is -1.18. The Balaban J connectivity index is 1.14. The molecule has 5 N–H and O–H groups in total. The Bertz CT molecular complexity index is 1650. The van der Waals surface area contributed by atoms with Crippen molar-refractivity contribution in [1.82, 2.24) is 10.6 Å².